The fourth-order valence-electron chi connectivity index (χ4n) is 2.37. The van der Waals surface area contributed by atoms with Gasteiger partial charge >= 0.3 is 5.97 Å². The van der Waals surface area contributed by atoms with Crippen LogP contribution in [-0.2, 0) is 6.54 Å². The van der Waals surface area contributed by atoms with Gasteiger partial charge in [-0.1, -0.05) is 6.07 Å². The normalized spacial score (nSPS) is 13.5. The van der Waals surface area contributed by atoms with Crippen LogP contribution in [0.3, 0.4) is 0 Å². The van der Waals surface area contributed by atoms with E-state index in [9.17, 15) is 4.79 Å². The van der Waals surface area contributed by atoms with Gasteiger partial charge in [-0.25, -0.2) is 4.79 Å². The van der Waals surface area contributed by atoms with E-state index >= 15 is 0 Å². The number of benzene rings is 1. The highest BCUT2D eigenvalue weighted by Gasteiger charge is 2.18. The van der Waals surface area contributed by atoms with Crippen molar-refractivity contribution in [2.24, 2.45) is 0 Å². The summed E-state index contributed by atoms with van der Waals surface area (Å²) < 4.78 is 0. The fourth-order valence-corrected chi connectivity index (χ4v) is 2.37. The highest BCUT2D eigenvalue weighted by molar-refractivity contribution is 5.91. The van der Waals surface area contributed by atoms with Crippen LogP contribution < -0.4 is 10.2 Å². The molecule has 3 rings (SSSR count). The third kappa shape index (κ3) is 2.42. The quantitative estimate of drug-likeness (QED) is 0.894. The molecule has 2 aromatic rings. The number of nitrogens with zero attached hydrogens (tertiary/aromatic N) is 2. The summed E-state index contributed by atoms with van der Waals surface area (Å²) in [5, 5.41) is 12.4. The van der Waals surface area contributed by atoms with Crippen LogP contribution in [0.1, 0.15) is 16.1 Å². The molecule has 102 valence electrons. The first-order chi connectivity index (χ1) is 9.74. The van der Waals surface area contributed by atoms with Crippen molar-refractivity contribution in [2.45, 2.75) is 6.54 Å². The van der Waals surface area contributed by atoms with E-state index in [-0.39, 0.29) is 0 Å². The Hall–Kier alpha value is -2.56. The maximum absolute atomic E-state index is 11.1. The Morgan fingerprint density at radius 2 is 2.25 bits per heavy atom. The van der Waals surface area contributed by atoms with E-state index in [4.69, 9.17) is 5.11 Å². The Labute approximate surface area is 116 Å². The number of hydrogen-bond donors (Lipinski definition) is 2. The molecule has 0 atom stereocenters. The van der Waals surface area contributed by atoms with Gasteiger partial charge in [0.2, 0.25) is 0 Å². The van der Waals surface area contributed by atoms with Gasteiger partial charge in [0, 0.05) is 19.3 Å². The SMILES string of the molecule is O=C(O)c1ccc2c(c1)N(Cc1ccccn1)CCN2. The Morgan fingerprint density at radius 3 is 3.00 bits per heavy atom. The number of carboxylic acid groups (broad SMARTS) is 1. The lowest BCUT2D eigenvalue weighted by atomic mass is 10.1. The summed E-state index contributed by atoms with van der Waals surface area (Å²) in [6.45, 7) is 2.34. The second kappa shape index (κ2) is 5.21. The van der Waals surface area contributed by atoms with Crippen LogP contribution in [0.2, 0.25) is 0 Å². The lowest BCUT2D eigenvalue weighted by Crippen LogP contribution is -2.33. The van der Waals surface area contributed by atoms with Crippen molar-refractivity contribution in [1.29, 1.82) is 0 Å². The zero-order valence-electron chi connectivity index (χ0n) is 10.9. The van der Waals surface area contributed by atoms with Gasteiger partial charge < -0.3 is 15.3 Å². The molecule has 1 aliphatic rings. The first-order valence-electron chi connectivity index (χ1n) is 6.50. The van der Waals surface area contributed by atoms with Crippen LogP contribution in [0.25, 0.3) is 0 Å². The van der Waals surface area contributed by atoms with Crippen LogP contribution >= 0.6 is 0 Å². The van der Waals surface area contributed by atoms with Gasteiger partial charge in [0.25, 0.3) is 0 Å². The zero-order valence-corrected chi connectivity index (χ0v) is 10.9. The van der Waals surface area contributed by atoms with E-state index in [1.54, 1.807) is 18.3 Å². The standard InChI is InChI=1S/C15H15N3O2/c19-15(20)11-4-5-13-14(9-11)18(8-7-17-13)10-12-3-1-2-6-16-12/h1-6,9,17H,7-8,10H2,(H,19,20). The second-order valence-electron chi connectivity index (χ2n) is 4.71. The fraction of sp³-hybridized carbons (Fsp3) is 0.200. The minimum absolute atomic E-state index is 0.304. The molecule has 0 saturated carbocycles. The molecule has 1 aromatic heterocycles. The monoisotopic (exact) mass is 269 g/mol. The highest BCUT2D eigenvalue weighted by Crippen LogP contribution is 2.31. The number of carbonyl (C=O) groups is 1. The number of rotatable bonds is 3. The molecule has 1 aliphatic heterocycles. The third-order valence-corrected chi connectivity index (χ3v) is 3.36. The summed E-state index contributed by atoms with van der Waals surface area (Å²) >= 11 is 0. The molecule has 20 heavy (non-hydrogen) atoms. The predicted octanol–water partition coefficient (Wildman–Crippen LogP) is 2.21. The Balaban J connectivity index is 1.92. The summed E-state index contributed by atoms with van der Waals surface area (Å²) in [7, 11) is 0. The number of fused-ring (bicyclic) bond motifs is 1. The minimum atomic E-state index is -0.906. The van der Waals surface area contributed by atoms with E-state index < -0.39 is 5.97 Å². The van der Waals surface area contributed by atoms with Crippen molar-refractivity contribution in [3.8, 4) is 0 Å². The lowest BCUT2D eigenvalue weighted by molar-refractivity contribution is 0.0697. The summed E-state index contributed by atoms with van der Waals surface area (Å²) in [5.41, 5.74) is 3.17. The topological polar surface area (TPSA) is 65.5 Å². The molecule has 0 amide bonds. The number of carboxylic acids is 1. The van der Waals surface area contributed by atoms with E-state index in [1.165, 1.54) is 0 Å². The average Bonchev–Trinajstić information content (AvgIpc) is 2.48. The Morgan fingerprint density at radius 1 is 1.35 bits per heavy atom. The first kappa shape index (κ1) is 12.5. The third-order valence-electron chi connectivity index (χ3n) is 3.36. The Kier molecular flexibility index (Phi) is 3.25. The van der Waals surface area contributed by atoms with Gasteiger partial charge in [-0.15, -0.1) is 0 Å². The molecule has 0 fully saturated rings. The molecule has 5 nitrogen and oxygen atoms in total. The molecule has 0 bridgehead atoms. The molecule has 2 heterocycles. The molecule has 0 unspecified atom stereocenters. The lowest BCUT2D eigenvalue weighted by Gasteiger charge is -2.32. The molecular weight excluding hydrogens is 254 g/mol. The summed E-state index contributed by atoms with van der Waals surface area (Å²) in [5.74, 6) is -0.906. The second-order valence-corrected chi connectivity index (χ2v) is 4.71. The predicted molar refractivity (Wildman–Crippen MR) is 77.2 cm³/mol. The smallest absolute Gasteiger partial charge is 0.335 e. The molecule has 0 aliphatic carbocycles. The number of aromatic nitrogens is 1. The first-order valence-corrected chi connectivity index (χ1v) is 6.50. The molecule has 1 aromatic carbocycles. The van der Waals surface area contributed by atoms with E-state index in [1.807, 2.05) is 24.3 Å². The van der Waals surface area contributed by atoms with Crippen molar-refractivity contribution in [1.82, 2.24) is 4.98 Å². The number of pyridine rings is 1. The van der Waals surface area contributed by atoms with Crippen LogP contribution in [0.15, 0.2) is 42.6 Å². The molecule has 5 heteroatoms. The van der Waals surface area contributed by atoms with Gasteiger partial charge in [0.05, 0.1) is 29.2 Å². The molecule has 0 saturated heterocycles. The van der Waals surface area contributed by atoms with Crippen molar-refractivity contribution < 1.29 is 9.90 Å². The van der Waals surface area contributed by atoms with Crippen molar-refractivity contribution in [2.75, 3.05) is 23.3 Å². The summed E-state index contributed by atoms with van der Waals surface area (Å²) in [6, 6.07) is 11.0. The van der Waals surface area contributed by atoms with E-state index in [2.05, 4.69) is 15.2 Å². The van der Waals surface area contributed by atoms with Gasteiger partial charge in [0.1, 0.15) is 0 Å². The highest BCUT2D eigenvalue weighted by atomic mass is 16.4. The van der Waals surface area contributed by atoms with Crippen molar-refractivity contribution in [3.63, 3.8) is 0 Å². The summed E-state index contributed by atoms with van der Waals surface area (Å²) in [6.07, 6.45) is 1.77. The van der Waals surface area contributed by atoms with Crippen molar-refractivity contribution >= 4 is 17.3 Å². The number of hydrogen-bond acceptors (Lipinski definition) is 4. The van der Waals surface area contributed by atoms with Crippen LogP contribution in [0.5, 0.6) is 0 Å². The maximum Gasteiger partial charge on any atom is 0.335 e. The molecule has 0 radical (unpaired) electrons. The Bertz CT molecular complexity index is 628. The van der Waals surface area contributed by atoms with Crippen LogP contribution in [0.4, 0.5) is 11.4 Å². The van der Waals surface area contributed by atoms with Gasteiger partial charge in [-0.3, -0.25) is 4.98 Å². The van der Waals surface area contributed by atoms with Gasteiger partial charge in [0.15, 0.2) is 0 Å². The minimum Gasteiger partial charge on any atom is -0.478 e. The maximum atomic E-state index is 11.1. The largest absolute Gasteiger partial charge is 0.478 e. The molecule has 2 N–H and O–H groups in total. The van der Waals surface area contributed by atoms with E-state index in [0.29, 0.717) is 12.1 Å². The van der Waals surface area contributed by atoms with Gasteiger partial charge in [-0.05, 0) is 30.3 Å². The number of aromatic carboxylic acids is 1. The summed E-state index contributed by atoms with van der Waals surface area (Å²) in [4.78, 5) is 17.6. The van der Waals surface area contributed by atoms with Crippen LogP contribution in [-0.4, -0.2) is 29.1 Å². The van der Waals surface area contributed by atoms with Gasteiger partial charge in [-0.2, -0.15) is 0 Å². The number of nitrogens with one attached hydrogen (secondary N) is 1. The average molecular weight is 269 g/mol. The number of anilines is 2. The van der Waals surface area contributed by atoms with E-state index in [0.717, 1.165) is 30.2 Å². The molecular formula is C15H15N3O2. The zero-order chi connectivity index (χ0) is 13.9. The van der Waals surface area contributed by atoms with Crippen molar-refractivity contribution in [3.05, 3.63) is 53.9 Å². The van der Waals surface area contributed by atoms with Crippen LogP contribution in [0, 0.1) is 0 Å². The molecule has 0 spiro atoms.